The second kappa shape index (κ2) is 9.95. The van der Waals surface area contributed by atoms with Crippen molar-refractivity contribution >= 4 is 61.5 Å². The molecule has 0 saturated carbocycles. The maximum atomic E-state index is 13.3. The van der Waals surface area contributed by atoms with Crippen molar-refractivity contribution in [3.05, 3.63) is 97.4 Å². The van der Waals surface area contributed by atoms with E-state index in [-0.39, 0.29) is 5.57 Å². The lowest BCUT2D eigenvalue weighted by Crippen LogP contribution is -2.54. The first-order valence-corrected chi connectivity index (χ1v) is 12.0. The molecule has 0 radical (unpaired) electrons. The molecule has 0 aromatic heterocycles. The molecule has 0 spiro atoms. The van der Waals surface area contributed by atoms with Crippen LogP contribution in [0.1, 0.15) is 22.3 Å². The lowest BCUT2D eigenvalue weighted by Gasteiger charge is -2.27. The largest absolute Gasteiger partial charge is 0.488 e. The maximum Gasteiger partial charge on any atom is 0.335 e. The molecule has 1 aliphatic rings. The van der Waals surface area contributed by atoms with Crippen molar-refractivity contribution < 1.29 is 19.1 Å². The molecule has 1 aliphatic heterocycles. The highest BCUT2D eigenvalue weighted by Gasteiger charge is 2.37. The van der Waals surface area contributed by atoms with Crippen molar-refractivity contribution in [3.8, 4) is 5.75 Å². The number of urea groups is 1. The average molecular weight is 584 g/mol. The fourth-order valence-corrected chi connectivity index (χ4v) is 4.24. The quantitative estimate of drug-likeness (QED) is 0.292. The Balaban J connectivity index is 1.68. The Morgan fingerprint density at radius 1 is 0.912 bits per heavy atom. The van der Waals surface area contributed by atoms with E-state index < -0.39 is 17.8 Å². The first kappa shape index (κ1) is 23.9. The number of ether oxygens (including phenoxy) is 1. The van der Waals surface area contributed by atoms with Crippen LogP contribution in [-0.4, -0.2) is 17.8 Å². The van der Waals surface area contributed by atoms with Gasteiger partial charge in [-0.1, -0.05) is 61.7 Å². The highest BCUT2D eigenvalue weighted by molar-refractivity contribution is 9.10. The first-order chi connectivity index (χ1) is 16.2. The van der Waals surface area contributed by atoms with Gasteiger partial charge in [-0.05, 0) is 67.4 Å². The highest BCUT2D eigenvalue weighted by Crippen LogP contribution is 2.30. The van der Waals surface area contributed by atoms with E-state index in [4.69, 9.17) is 4.74 Å². The van der Waals surface area contributed by atoms with Crippen LogP contribution in [0.4, 0.5) is 10.5 Å². The molecule has 1 heterocycles. The van der Waals surface area contributed by atoms with E-state index in [1.807, 2.05) is 56.3 Å². The molecule has 1 N–H and O–H groups in total. The number of nitrogens with zero attached hydrogens (tertiary/aromatic N) is 1. The number of imide groups is 2. The van der Waals surface area contributed by atoms with Gasteiger partial charge in [0.1, 0.15) is 17.9 Å². The van der Waals surface area contributed by atoms with Crippen molar-refractivity contribution in [1.29, 1.82) is 0 Å². The SMILES string of the molecule is Cc1ccc(N2C(=O)NC(=O)/C(=C\c3cc(Br)ccc3OCc3ccc(Br)cc3)C2=O)c(C)c1. The van der Waals surface area contributed by atoms with Gasteiger partial charge in [0, 0.05) is 14.5 Å². The van der Waals surface area contributed by atoms with Gasteiger partial charge >= 0.3 is 6.03 Å². The van der Waals surface area contributed by atoms with Crippen molar-refractivity contribution in [2.75, 3.05) is 4.90 Å². The third kappa shape index (κ3) is 5.13. The number of hydrogen-bond acceptors (Lipinski definition) is 4. The zero-order chi connectivity index (χ0) is 24.4. The van der Waals surface area contributed by atoms with Gasteiger partial charge in [0.05, 0.1) is 5.69 Å². The molecule has 3 aromatic carbocycles. The highest BCUT2D eigenvalue weighted by atomic mass is 79.9. The van der Waals surface area contributed by atoms with Crippen LogP contribution in [0, 0.1) is 13.8 Å². The van der Waals surface area contributed by atoms with Crippen molar-refractivity contribution in [2.24, 2.45) is 0 Å². The average Bonchev–Trinajstić information content (AvgIpc) is 2.78. The van der Waals surface area contributed by atoms with E-state index in [2.05, 4.69) is 37.2 Å². The Morgan fingerprint density at radius 2 is 1.62 bits per heavy atom. The lowest BCUT2D eigenvalue weighted by atomic mass is 10.0. The van der Waals surface area contributed by atoms with E-state index in [1.165, 1.54) is 6.08 Å². The molecule has 3 aromatic rings. The molecular weight excluding hydrogens is 564 g/mol. The van der Waals surface area contributed by atoms with Crippen LogP contribution >= 0.6 is 31.9 Å². The van der Waals surface area contributed by atoms with Gasteiger partial charge in [0.25, 0.3) is 11.8 Å². The number of carbonyl (C=O) groups is 3. The number of barbiturate groups is 1. The fraction of sp³-hybridized carbons (Fsp3) is 0.115. The standard InChI is InChI=1S/C26H20Br2N2O4/c1-15-3-9-22(16(2)11-15)30-25(32)21(24(31)29-26(30)33)13-18-12-20(28)8-10-23(18)34-14-17-4-6-19(27)7-5-17/h3-13H,14H2,1-2H3,(H,29,31,33)/b21-13+. The molecule has 4 amide bonds. The monoisotopic (exact) mass is 582 g/mol. The number of nitrogens with one attached hydrogen (secondary N) is 1. The van der Waals surface area contributed by atoms with Crippen molar-refractivity contribution in [3.63, 3.8) is 0 Å². The van der Waals surface area contributed by atoms with Crippen molar-refractivity contribution in [1.82, 2.24) is 5.32 Å². The molecule has 8 heteroatoms. The minimum atomic E-state index is -0.778. The minimum absolute atomic E-state index is 0.161. The predicted octanol–water partition coefficient (Wildman–Crippen LogP) is 6.07. The Morgan fingerprint density at radius 3 is 2.32 bits per heavy atom. The van der Waals surface area contributed by atoms with Gasteiger partial charge in [-0.25, -0.2) is 9.69 Å². The zero-order valence-corrected chi connectivity index (χ0v) is 21.6. The van der Waals surface area contributed by atoms with Gasteiger partial charge < -0.3 is 4.74 Å². The number of benzene rings is 3. The van der Waals surface area contributed by atoms with Crippen LogP contribution < -0.4 is 15.0 Å². The number of hydrogen-bond donors (Lipinski definition) is 1. The molecule has 6 nitrogen and oxygen atoms in total. The molecule has 0 aliphatic carbocycles. The van der Waals surface area contributed by atoms with Crippen molar-refractivity contribution in [2.45, 2.75) is 20.5 Å². The molecule has 4 rings (SSSR count). The van der Waals surface area contributed by atoms with Crippen LogP contribution in [-0.2, 0) is 16.2 Å². The number of aryl methyl sites for hydroxylation is 2. The summed E-state index contributed by atoms with van der Waals surface area (Å²) in [6, 6.07) is 17.6. The minimum Gasteiger partial charge on any atom is -0.488 e. The molecule has 34 heavy (non-hydrogen) atoms. The van der Waals surface area contributed by atoms with E-state index in [0.29, 0.717) is 23.6 Å². The summed E-state index contributed by atoms with van der Waals surface area (Å²) in [7, 11) is 0. The summed E-state index contributed by atoms with van der Waals surface area (Å²) in [5, 5.41) is 2.27. The molecular formula is C26H20Br2N2O4. The van der Waals surface area contributed by atoms with Gasteiger partial charge in [-0.3, -0.25) is 14.9 Å². The Labute approximate surface area is 213 Å². The zero-order valence-electron chi connectivity index (χ0n) is 18.4. The van der Waals surface area contributed by atoms with E-state index in [9.17, 15) is 14.4 Å². The molecule has 1 fully saturated rings. The van der Waals surface area contributed by atoms with Gasteiger partial charge in [0.15, 0.2) is 0 Å². The van der Waals surface area contributed by atoms with Gasteiger partial charge in [-0.15, -0.1) is 0 Å². The van der Waals surface area contributed by atoms with E-state index in [0.717, 1.165) is 30.5 Å². The summed E-state index contributed by atoms with van der Waals surface area (Å²) < 4.78 is 7.71. The van der Waals surface area contributed by atoms with Crippen LogP contribution in [0.25, 0.3) is 6.08 Å². The lowest BCUT2D eigenvalue weighted by molar-refractivity contribution is -0.122. The molecule has 172 valence electrons. The normalized spacial score (nSPS) is 15.0. The maximum absolute atomic E-state index is 13.3. The summed E-state index contributed by atoms with van der Waals surface area (Å²) in [6.45, 7) is 4.04. The molecule has 0 unspecified atom stereocenters. The number of carbonyl (C=O) groups excluding carboxylic acids is 3. The summed E-state index contributed by atoms with van der Waals surface area (Å²) in [6.07, 6.45) is 1.45. The number of halogens is 2. The number of amides is 4. The summed E-state index contributed by atoms with van der Waals surface area (Å²) in [4.78, 5) is 39.5. The van der Waals surface area contributed by atoms with Crippen LogP contribution in [0.2, 0.25) is 0 Å². The molecule has 0 bridgehead atoms. The third-order valence-electron chi connectivity index (χ3n) is 5.27. The Kier molecular flexibility index (Phi) is 7.00. The smallest absolute Gasteiger partial charge is 0.335 e. The third-order valence-corrected chi connectivity index (χ3v) is 6.30. The Bertz CT molecular complexity index is 1330. The summed E-state index contributed by atoms with van der Waals surface area (Å²) in [5.41, 5.74) is 3.50. The van der Waals surface area contributed by atoms with Crippen LogP contribution in [0.5, 0.6) is 5.75 Å². The second-order valence-corrected chi connectivity index (χ2v) is 9.68. The van der Waals surface area contributed by atoms with E-state index in [1.54, 1.807) is 18.2 Å². The second-order valence-electron chi connectivity index (χ2n) is 7.85. The number of anilines is 1. The topological polar surface area (TPSA) is 75.7 Å². The van der Waals surface area contributed by atoms with Crippen LogP contribution in [0.15, 0.2) is 75.2 Å². The predicted molar refractivity (Wildman–Crippen MR) is 138 cm³/mol. The molecule has 1 saturated heterocycles. The summed E-state index contributed by atoms with van der Waals surface area (Å²) >= 11 is 6.84. The Hall–Kier alpha value is -3.23. The summed E-state index contributed by atoms with van der Waals surface area (Å²) in [5.74, 6) is -0.955. The van der Waals surface area contributed by atoms with Crippen LogP contribution in [0.3, 0.4) is 0 Å². The molecule has 0 atom stereocenters. The van der Waals surface area contributed by atoms with Gasteiger partial charge in [0.2, 0.25) is 0 Å². The number of rotatable bonds is 5. The first-order valence-electron chi connectivity index (χ1n) is 10.4. The fourth-order valence-electron chi connectivity index (χ4n) is 3.59. The van der Waals surface area contributed by atoms with E-state index >= 15 is 0 Å². The van der Waals surface area contributed by atoms with Gasteiger partial charge in [-0.2, -0.15) is 0 Å².